The van der Waals surface area contributed by atoms with E-state index in [0.717, 1.165) is 12.1 Å². The first kappa shape index (κ1) is 22.5. The maximum atomic E-state index is 14.1. The van der Waals surface area contributed by atoms with Gasteiger partial charge in [-0.15, -0.1) is 11.8 Å². The van der Waals surface area contributed by atoms with Gasteiger partial charge in [-0.2, -0.15) is 26.3 Å². The van der Waals surface area contributed by atoms with Crippen LogP contribution in [0.3, 0.4) is 0 Å². The maximum absolute atomic E-state index is 14.1. The van der Waals surface area contributed by atoms with Crippen molar-refractivity contribution in [3.8, 4) is 0 Å². The molecule has 0 fully saturated rings. The van der Waals surface area contributed by atoms with Gasteiger partial charge in [-0.1, -0.05) is 23.7 Å². The van der Waals surface area contributed by atoms with E-state index < -0.39 is 41.7 Å². The minimum Gasteiger partial charge on any atom is -0.245 e. The van der Waals surface area contributed by atoms with E-state index in [9.17, 15) is 30.7 Å². The van der Waals surface area contributed by atoms with Crippen LogP contribution < -0.4 is 0 Å². The van der Waals surface area contributed by atoms with E-state index in [1.807, 2.05) is 0 Å². The predicted molar refractivity (Wildman–Crippen MR) is 96.2 cm³/mol. The highest BCUT2D eigenvalue weighted by Crippen LogP contribution is 2.34. The zero-order valence-electron chi connectivity index (χ0n) is 14.3. The van der Waals surface area contributed by atoms with Crippen LogP contribution in [0.2, 0.25) is 5.02 Å². The second-order valence-electron chi connectivity index (χ2n) is 5.83. The molecule has 0 amide bonds. The third-order valence-electron chi connectivity index (χ3n) is 3.50. The van der Waals surface area contributed by atoms with Gasteiger partial charge in [0.25, 0.3) is 0 Å². The average molecular weight is 444 g/mol. The summed E-state index contributed by atoms with van der Waals surface area (Å²) in [5, 5.41) is 0.338. The van der Waals surface area contributed by atoms with Crippen molar-refractivity contribution in [3.63, 3.8) is 0 Å². The first-order valence-electron chi connectivity index (χ1n) is 7.74. The van der Waals surface area contributed by atoms with Gasteiger partial charge in [-0.05, 0) is 42.3 Å². The number of alkyl halides is 6. The molecule has 0 aliphatic rings. The van der Waals surface area contributed by atoms with E-state index in [1.54, 1.807) is 0 Å². The molecule has 2 rings (SSSR count). The van der Waals surface area contributed by atoms with Gasteiger partial charge < -0.3 is 0 Å². The molecule has 0 unspecified atom stereocenters. The molecule has 2 aromatic rings. The first-order valence-corrected chi connectivity index (χ1v) is 9.10. The predicted octanol–water partition coefficient (Wildman–Crippen LogP) is 7.32. The Morgan fingerprint density at radius 3 is 2.18 bits per heavy atom. The number of aryl methyl sites for hydroxylation is 1. The number of benzene rings is 2. The second kappa shape index (κ2) is 8.73. The molecular weight excluding hydrogens is 431 g/mol. The first-order chi connectivity index (χ1) is 12.8. The van der Waals surface area contributed by atoms with Gasteiger partial charge in [0.15, 0.2) is 0 Å². The fourth-order valence-electron chi connectivity index (χ4n) is 2.19. The van der Waals surface area contributed by atoms with Crippen LogP contribution in [0.5, 0.6) is 0 Å². The van der Waals surface area contributed by atoms with E-state index in [0.29, 0.717) is 16.8 Å². The molecule has 10 heteroatoms. The third kappa shape index (κ3) is 6.70. The number of nitrogens with zero attached hydrogens (tertiary/aromatic N) is 1. The zero-order chi connectivity index (χ0) is 21.1. The maximum Gasteiger partial charge on any atom is 0.429 e. The molecule has 0 saturated carbocycles. The van der Waals surface area contributed by atoms with Crippen molar-refractivity contribution in [3.05, 3.63) is 58.4 Å². The molecule has 0 aliphatic carbocycles. The minimum absolute atomic E-state index is 0.00509. The summed E-state index contributed by atoms with van der Waals surface area (Å²) in [6, 6.07) is 7.33. The van der Waals surface area contributed by atoms with Gasteiger partial charge in [0.05, 0.1) is 5.75 Å². The van der Waals surface area contributed by atoms with Gasteiger partial charge in [-0.25, -0.2) is 9.38 Å². The fourth-order valence-corrected chi connectivity index (χ4v) is 3.11. The standard InChI is InChI=1S/C18H13ClF7NS/c1-10-6-13(20)14(8-15(10)28-9-17(21,22)23)27-16(18(24,25)26)7-11-2-4-12(19)5-3-11/h2-6,8H,7,9H2,1H3. The number of thioether (sulfide) groups is 1. The summed E-state index contributed by atoms with van der Waals surface area (Å²) in [4.78, 5) is 3.39. The van der Waals surface area contributed by atoms with Crippen LogP contribution in [0.1, 0.15) is 11.1 Å². The molecule has 0 radical (unpaired) electrons. The topological polar surface area (TPSA) is 12.4 Å². The molecule has 0 heterocycles. The summed E-state index contributed by atoms with van der Waals surface area (Å²) >= 11 is 6.06. The number of hydrogen-bond donors (Lipinski definition) is 0. The summed E-state index contributed by atoms with van der Waals surface area (Å²) in [7, 11) is 0. The summed E-state index contributed by atoms with van der Waals surface area (Å²) in [5.74, 6) is -2.30. The van der Waals surface area contributed by atoms with Crippen LogP contribution in [-0.2, 0) is 6.42 Å². The van der Waals surface area contributed by atoms with Crippen molar-refractivity contribution < 1.29 is 30.7 Å². The largest absolute Gasteiger partial charge is 0.429 e. The molecule has 0 aromatic heterocycles. The SMILES string of the molecule is Cc1cc(F)c(N=C(Cc2ccc(Cl)cc2)C(F)(F)F)cc1SCC(F)(F)F. The van der Waals surface area contributed by atoms with Crippen LogP contribution in [0.25, 0.3) is 0 Å². The fraction of sp³-hybridized carbons (Fsp3) is 0.278. The van der Waals surface area contributed by atoms with Gasteiger partial charge in [0.1, 0.15) is 17.2 Å². The van der Waals surface area contributed by atoms with Crippen molar-refractivity contribution in [2.24, 2.45) is 4.99 Å². The van der Waals surface area contributed by atoms with Crippen LogP contribution in [-0.4, -0.2) is 23.8 Å². The third-order valence-corrected chi connectivity index (χ3v) is 4.98. The van der Waals surface area contributed by atoms with Crippen LogP contribution >= 0.6 is 23.4 Å². The Labute approximate surface area is 165 Å². The van der Waals surface area contributed by atoms with Crippen LogP contribution in [0, 0.1) is 12.7 Å². The molecule has 0 atom stereocenters. The summed E-state index contributed by atoms with van der Waals surface area (Å²) in [5.41, 5.74) is -1.52. The van der Waals surface area contributed by atoms with Crippen molar-refractivity contribution in [1.29, 1.82) is 0 Å². The number of rotatable bonds is 5. The zero-order valence-corrected chi connectivity index (χ0v) is 15.8. The smallest absolute Gasteiger partial charge is 0.245 e. The second-order valence-corrected chi connectivity index (χ2v) is 7.29. The minimum atomic E-state index is -4.85. The lowest BCUT2D eigenvalue weighted by atomic mass is 10.1. The molecule has 0 N–H and O–H groups in total. The van der Waals surface area contributed by atoms with Crippen LogP contribution in [0.15, 0.2) is 46.3 Å². The Kier molecular flexibility index (Phi) is 7.03. The van der Waals surface area contributed by atoms with E-state index in [-0.39, 0.29) is 16.0 Å². The van der Waals surface area contributed by atoms with Gasteiger partial charge in [-0.3, -0.25) is 0 Å². The Morgan fingerprint density at radius 2 is 1.64 bits per heavy atom. The highest BCUT2D eigenvalue weighted by molar-refractivity contribution is 7.99. The van der Waals surface area contributed by atoms with E-state index in [1.165, 1.54) is 31.2 Å². The molecule has 28 heavy (non-hydrogen) atoms. The molecule has 0 saturated heterocycles. The number of halogens is 8. The van der Waals surface area contributed by atoms with Crippen LogP contribution in [0.4, 0.5) is 36.4 Å². The quantitative estimate of drug-likeness (QED) is 0.268. The lowest BCUT2D eigenvalue weighted by Crippen LogP contribution is -2.25. The average Bonchev–Trinajstić information content (AvgIpc) is 2.55. The normalized spacial score (nSPS) is 13.1. The van der Waals surface area contributed by atoms with Crippen molar-refractivity contribution >= 4 is 34.8 Å². The monoisotopic (exact) mass is 443 g/mol. The Hall–Kier alpha value is -1.74. The lowest BCUT2D eigenvalue weighted by Gasteiger charge is -2.13. The molecule has 2 aromatic carbocycles. The Morgan fingerprint density at radius 1 is 1.04 bits per heavy atom. The number of hydrogen-bond acceptors (Lipinski definition) is 2. The molecule has 0 aliphatic heterocycles. The van der Waals surface area contributed by atoms with E-state index in [2.05, 4.69) is 4.99 Å². The van der Waals surface area contributed by atoms with E-state index >= 15 is 0 Å². The van der Waals surface area contributed by atoms with Crippen molar-refractivity contribution in [1.82, 2.24) is 0 Å². The molecular formula is C18H13ClF7NS. The highest BCUT2D eigenvalue weighted by Gasteiger charge is 2.36. The van der Waals surface area contributed by atoms with E-state index in [4.69, 9.17) is 11.6 Å². The summed E-state index contributed by atoms with van der Waals surface area (Å²) in [6.45, 7) is 1.37. The molecule has 152 valence electrons. The van der Waals surface area contributed by atoms with Crippen molar-refractivity contribution in [2.75, 3.05) is 5.75 Å². The number of aliphatic imine (C=N–C) groups is 1. The van der Waals surface area contributed by atoms with Crippen molar-refractivity contribution in [2.45, 2.75) is 30.6 Å². The summed E-state index contributed by atoms with van der Waals surface area (Å²) in [6.07, 6.45) is -9.96. The Bertz CT molecular complexity index is 858. The highest BCUT2D eigenvalue weighted by atomic mass is 35.5. The van der Waals surface area contributed by atoms with Gasteiger partial charge in [0.2, 0.25) is 0 Å². The summed E-state index contributed by atoms with van der Waals surface area (Å²) < 4.78 is 91.4. The Balaban J connectivity index is 2.40. The molecule has 1 nitrogen and oxygen atoms in total. The lowest BCUT2D eigenvalue weighted by molar-refractivity contribution is -0.105. The van der Waals surface area contributed by atoms with Gasteiger partial charge >= 0.3 is 12.4 Å². The van der Waals surface area contributed by atoms with Gasteiger partial charge in [0, 0.05) is 16.3 Å². The molecule has 0 bridgehead atoms. The molecule has 0 spiro atoms.